The van der Waals surface area contributed by atoms with Crippen LogP contribution >= 0.6 is 11.6 Å². The van der Waals surface area contributed by atoms with Gasteiger partial charge in [-0.3, -0.25) is 0 Å². The molecule has 0 aliphatic carbocycles. The van der Waals surface area contributed by atoms with Gasteiger partial charge in [0.25, 0.3) is 0 Å². The number of carbonyl (C=O) groups is 1. The Kier molecular flexibility index (Phi) is 5.52. The van der Waals surface area contributed by atoms with Crippen LogP contribution in [0.4, 0.5) is 4.79 Å². The summed E-state index contributed by atoms with van der Waals surface area (Å²) >= 11 is 5.84. The zero-order valence-corrected chi connectivity index (χ0v) is 15.8. The first kappa shape index (κ1) is 18.4. The summed E-state index contributed by atoms with van der Waals surface area (Å²) in [5.41, 5.74) is 0. The zero-order chi connectivity index (χ0) is 18.0. The van der Waals surface area contributed by atoms with Gasteiger partial charge in [0.2, 0.25) is 10.0 Å². The summed E-state index contributed by atoms with van der Waals surface area (Å²) in [6.45, 7) is 3.60. The molecular formula is C16H24ClN4O3S+. The lowest BCUT2D eigenvalue weighted by Gasteiger charge is -2.32. The van der Waals surface area contributed by atoms with Crippen molar-refractivity contribution >= 4 is 27.7 Å². The van der Waals surface area contributed by atoms with E-state index in [1.165, 1.54) is 21.3 Å². The summed E-state index contributed by atoms with van der Waals surface area (Å²) in [5.74, 6) is 0. The summed E-state index contributed by atoms with van der Waals surface area (Å²) in [6.07, 6.45) is 0.850. The standard InChI is InChI=1S/C16H23ClN4O3S/c1-19-9-11-20(12-10-19)16(22)18-15-3-2-8-21(15)25(23,24)14-6-4-13(17)5-7-14/h4-7,15H,2-3,8-12H2,1H3,(H,18,22)/p+1/t15-/m1/s1. The van der Waals surface area contributed by atoms with Crippen molar-refractivity contribution in [2.24, 2.45) is 0 Å². The van der Waals surface area contributed by atoms with Crippen LogP contribution in [0.1, 0.15) is 12.8 Å². The van der Waals surface area contributed by atoms with E-state index in [0.717, 1.165) is 19.5 Å². The van der Waals surface area contributed by atoms with Crippen LogP contribution in [-0.2, 0) is 10.0 Å². The highest BCUT2D eigenvalue weighted by atomic mass is 35.5. The molecule has 3 rings (SSSR count). The van der Waals surface area contributed by atoms with Crippen LogP contribution < -0.4 is 10.2 Å². The molecule has 2 N–H and O–H groups in total. The number of piperazine rings is 1. The highest BCUT2D eigenvalue weighted by Gasteiger charge is 2.37. The lowest BCUT2D eigenvalue weighted by molar-refractivity contribution is -0.883. The molecule has 1 aromatic carbocycles. The van der Waals surface area contributed by atoms with Gasteiger partial charge in [-0.1, -0.05) is 11.6 Å². The molecule has 0 aromatic heterocycles. The van der Waals surface area contributed by atoms with E-state index in [-0.39, 0.29) is 10.9 Å². The molecule has 25 heavy (non-hydrogen) atoms. The predicted octanol–water partition coefficient (Wildman–Crippen LogP) is -0.00950. The van der Waals surface area contributed by atoms with Crippen LogP contribution in [0.5, 0.6) is 0 Å². The number of quaternary nitrogens is 1. The minimum absolute atomic E-state index is 0.185. The molecule has 0 spiro atoms. The average Bonchev–Trinajstić information content (AvgIpc) is 3.05. The fourth-order valence-electron chi connectivity index (χ4n) is 3.24. The maximum atomic E-state index is 12.9. The molecule has 2 aliphatic heterocycles. The maximum absolute atomic E-state index is 12.9. The Bertz CT molecular complexity index is 717. The molecule has 138 valence electrons. The predicted molar refractivity (Wildman–Crippen MR) is 95.1 cm³/mol. The molecule has 0 bridgehead atoms. The van der Waals surface area contributed by atoms with Gasteiger partial charge in [-0.05, 0) is 37.1 Å². The Morgan fingerprint density at radius 3 is 2.48 bits per heavy atom. The largest absolute Gasteiger partial charge is 0.334 e. The Morgan fingerprint density at radius 1 is 1.20 bits per heavy atom. The average molecular weight is 388 g/mol. The molecule has 9 heteroatoms. The molecule has 1 atom stereocenters. The summed E-state index contributed by atoms with van der Waals surface area (Å²) in [6, 6.07) is 5.93. The third-order valence-electron chi connectivity index (χ3n) is 4.82. The highest BCUT2D eigenvalue weighted by Crippen LogP contribution is 2.25. The van der Waals surface area contributed by atoms with Crippen molar-refractivity contribution in [2.75, 3.05) is 39.8 Å². The molecule has 1 aromatic rings. The van der Waals surface area contributed by atoms with Gasteiger partial charge in [0.15, 0.2) is 0 Å². The first-order chi connectivity index (χ1) is 11.9. The first-order valence-corrected chi connectivity index (χ1v) is 10.3. The molecule has 2 aliphatic rings. The lowest BCUT2D eigenvalue weighted by atomic mass is 10.3. The minimum Gasteiger partial charge on any atom is -0.334 e. The van der Waals surface area contributed by atoms with Gasteiger partial charge >= 0.3 is 6.03 Å². The topological polar surface area (TPSA) is 74.2 Å². The number of rotatable bonds is 3. The fraction of sp³-hybridized carbons (Fsp3) is 0.562. The van der Waals surface area contributed by atoms with Gasteiger partial charge in [0.1, 0.15) is 0 Å². The normalized spacial score (nSPS) is 23.0. The quantitative estimate of drug-likeness (QED) is 0.766. The minimum atomic E-state index is -3.65. The van der Waals surface area contributed by atoms with E-state index < -0.39 is 16.2 Å². The number of carbonyl (C=O) groups excluding carboxylic acids is 1. The van der Waals surface area contributed by atoms with Crippen molar-refractivity contribution in [1.82, 2.24) is 14.5 Å². The van der Waals surface area contributed by atoms with Crippen molar-refractivity contribution < 1.29 is 18.1 Å². The number of hydrogen-bond acceptors (Lipinski definition) is 3. The van der Waals surface area contributed by atoms with E-state index in [9.17, 15) is 13.2 Å². The van der Waals surface area contributed by atoms with Crippen LogP contribution in [0.2, 0.25) is 5.02 Å². The molecule has 2 fully saturated rings. The van der Waals surface area contributed by atoms with Gasteiger partial charge in [0.05, 0.1) is 44.3 Å². The second-order valence-electron chi connectivity index (χ2n) is 6.62. The van der Waals surface area contributed by atoms with E-state index in [0.29, 0.717) is 31.1 Å². The number of nitrogens with zero attached hydrogens (tertiary/aromatic N) is 2. The van der Waals surface area contributed by atoms with Crippen molar-refractivity contribution in [3.63, 3.8) is 0 Å². The summed E-state index contributed by atoms with van der Waals surface area (Å²) in [7, 11) is -1.55. The van der Waals surface area contributed by atoms with E-state index in [2.05, 4.69) is 12.4 Å². The van der Waals surface area contributed by atoms with Gasteiger partial charge in [-0.15, -0.1) is 0 Å². The summed E-state index contributed by atoms with van der Waals surface area (Å²) in [4.78, 5) is 15.8. The molecule has 0 unspecified atom stereocenters. The number of urea groups is 1. The maximum Gasteiger partial charge on any atom is 0.319 e. The van der Waals surface area contributed by atoms with Gasteiger partial charge < -0.3 is 15.1 Å². The lowest BCUT2D eigenvalue weighted by Crippen LogP contribution is -3.12. The van der Waals surface area contributed by atoms with Crippen molar-refractivity contribution in [3.05, 3.63) is 29.3 Å². The van der Waals surface area contributed by atoms with Crippen LogP contribution in [-0.4, -0.2) is 69.6 Å². The Labute approximate surface area is 153 Å². The summed E-state index contributed by atoms with van der Waals surface area (Å²) in [5, 5.41) is 3.39. The molecule has 2 saturated heterocycles. The Morgan fingerprint density at radius 2 is 1.84 bits per heavy atom. The third-order valence-corrected chi connectivity index (χ3v) is 6.99. The van der Waals surface area contributed by atoms with Crippen LogP contribution in [0, 0.1) is 0 Å². The fourth-order valence-corrected chi connectivity index (χ4v) is 4.98. The first-order valence-electron chi connectivity index (χ1n) is 8.52. The van der Waals surface area contributed by atoms with Crippen LogP contribution in [0.3, 0.4) is 0 Å². The van der Waals surface area contributed by atoms with Gasteiger partial charge in [0, 0.05) is 11.6 Å². The van der Waals surface area contributed by atoms with E-state index >= 15 is 0 Å². The van der Waals surface area contributed by atoms with Gasteiger partial charge in [-0.25, -0.2) is 13.2 Å². The molecular weight excluding hydrogens is 364 g/mol. The number of sulfonamides is 1. The second kappa shape index (κ2) is 7.49. The third kappa shape index (κ3) is 4.08. The highest BCUT2D eigenvalue weighted by molar-refractivity contribution is 7.89. The number of benzene rings is 1. The van der Waals surface area contributed by atoms with E-state index in [1.807, 2.05) is 0 Å². The number of amides is 2. The zero-order valence-electron chi connectivity index (χ0n) is 14.2. The van der Waals surface area contributed by atoms with Gasteiger partial charge in [-0.2, -0.15) is 4.31 Å². The smallest absolute Gasteiger partial charge is 0.319 e. The molecule has 0 radical (unpaired) electrons. The number of likely N-dealkylation sites (N-methyl/N-ethyl adjacent to an activating group) is 1. The van der Waals surface area contributed by atoms with E-state index in [4.69, 9.17) is 11.6 Å². The molecule has 0 saturated carbocycles. The number of halogens is 1. The molecule has 7 nitrogen and oxygen atoms in total. The monoisotopic (exact) mass is 387 g/mol. The second-order valence-corrected chi connectivity index (χ2v) is 8.95. The molecule has 2 amide bonds. The number of nitrogens with one attached hydrogen (secondary N) is 2. The van der Waals surface area contributed by atoms with Crippen LogP contribution in [0.15, 0.2) is 29.2 Å². The van der Waals surface area contributed by atoms with Crippen molar-refractivity contribution in [3.8, 4) is 0 Å². The van der Waals surface area contributed by atoms with Crippen molar-refractivity contribution in [2.45, 2.75) is 23.9 Å². The SMILES string of the molecule is C[NH+]1CCN(C(=O)N[C@H]2CCCN2S(=O)(=O)c2ccc(Cl)cc2)CC1. The Hall–Kier alpha value is -1.35. The van der Waals surface area contributed by atoms with Crippen LogP contribution in [0.25, 0.3) is 0 Å². The number of hydrogen-bond donors (Lipinski definition) is 2. The Balaban J connectivity index is 1.69. The van der Waals surface area contributed by atoms with Crippen molar-refractivity contribution in [1.29, 1.82) is 0 Å². The molecule has 2 heterocycles. The van der Waals surface area contributed by atoms with E-state index in [1.54, 1.807) is 17.0 Å². The summed E-state index contributed by atoms with van der Waals surface area (Å²) < 4.78 is 27.1.